The van der Waals surface area contributed by atoms with Gasteiger partial charge in [0.15, 0.2) is 0 Å². The van der Waals surface area contributed by atoms with E-state index in [1.807, 2.05) is 13.8 Å². The number of rotatable bonds is 1. The topological polar surface area (TPSA) is 0 Å². The van der Waals surface area contributed by atoms with Crippen molar-refractivity contribution in [3.8, 4) is 11.1 Å². The third-order valence-electron chi connectivity index (χ3n) is 2.32. The second-order valence-corrected chi connectivity index (χ2v) is 3.47. The van der Waals surface area contributed by atoms with Crippen molar-refractivity contribution in [1.29, 1.82) is 0 Å². The molecule has 17 heavy (non-hydrogen) atoms. The predicted octanol–water partition coefficient (Wildman–Crippen LogP) is 4.97. The maximum atomic E-state index is 13.0. The van der Waals surface area contributed by atoms with E-state index in [2.05, 4.69) is 0 Å². The fourth-order valence-corrected chi connectivity index (χ4v) is 1.49. The number of halogens is 2. The van der Waals surface area contributed by atoms with E-state index in [1.165, 1.54) is 18.2 Å². The first-order valence-electron chi connectivity index (χ1n) is 5.69. The predicted molar refractivity (Wildman–Crippen MR) is 67.9 cm³/mol. The van der Waals surface area contributed by atoms with Gasteiger partial charge in [-0.15, -0.1) is 0 Å². The minimum absolute atomic E-state index is 0.241. The van der Waals surface area contributed by atoms with E-state index < -0.39 is 0 Å². The number of benzene rings is 2. The molecule has 0 aliphatic rings. The Morgan fingerprint density at radius 1 is 0.824 bits per heavy atom. The lowest BCUT2D eigenvalue weighted by atomic mass is 10.0. The molecule has 0 radical (unpaired) electrons. The lowest BCUT2D eigenvalue weighted by Gasteiger charge is -2.03. The highest BCUT2D eigenvalue weighted by Crippen LogP contribution is 2.22. The van der Waals surface area contributed by atoms with Crippen molar-refractivity contribution in [3.63, 3.8) is 0 Å². The molecule has 0 fully saturated rings. The molecule has 0 saturated heterocycles. The van der Waals surface area contributed by atoms with Crippen molar-refractivity contribution >= 4 is 0 Å². The lowest BCUT2D eigenvalue weighted by Crippen LogP contribution is -1.85. The van der Waals surface area contributed by atoms with Crippen LogP contribution < -0.4 is 0 Å². The Morgan fingerprint density at radius 2 is 1.47 bits per heavy atom. The Morgan fingerprint density at radius 3 is 2.06 bits per heavy atom. The molecule has 0 nitrogen and oxygen atoms in total. The molecule has 2 aromatic carbocycles. The Labute approximate surface area is 101 Å². The van der Waals surface area contributed by atoms with E-state index in [0.29, 0.717) is 5.56 Å². The first-order chi connectivity index (χ1) is 8.16. The highest BCUT2D eigenvalue weighted by atomic mass is 19.1. The molecule has 0 unspecified atom stereocenters. The maximum Gasteiger partial charge on any atom is 0.126 e. The van der Waals surface area contributed by atoms with Crippen molar-refractivity contribution in [2.24, 2.45) is 0 Å². The second kappa shape index (κ2) is 6.14. The van der Waals surface area contributed by atoms with Crippen LogP contribution in [0.25, 0.3) is 11.1 Å². The van der Waals surface area contributed by atoms with Gasteiger partial charge in [-0.25, -0.2) is 8.78 Å². The summed E-state index contributed by atoms with van der Waals surface area (Å²) < 4.78 is 26.0. The summed E-state index contributed by atoms with van der Waals surface area (Å²) in [5.41, 5.74) is 2.16. The monoisotopic (exact) mass is 234 g/mol. The van der Waals surface area contributed by atoms with Gasteiger partial charge < -0.3 is 0 Å². The van der Waals surface area contributed by atoms with Crippen molar-refractivity contribution < 1.29 is 8.78 Å². The van der Waals surface area contributed by atoms with Crippen LogP contribution in [0.2, 0.25) is 0 Å². The fraction of sp³-hybridized carbons (Fsp3) is 0.200. The Kier molecular flexibility index (Phi) is 4.83. The quantitative estimate of drug-likeness (QED) is 0.653. The van der Waals surface area contributed by atoms with Gasteiger partial charge in [0, 0.05) is 0 Å². The van der Waals surface area contributed by atoms with Crippen LogP contribution in [0.1, 0.15) is 19.4 Å². The molecular weight excluding hydrogens is 218 g/mol. The molecule has 0 bridgehead atoms. The highest BCUT2D eigenvalue weighted by molar-refractivity contribution is 5.64. The molecule has 0 amide bonds. The van der Waals surface area contributed by atoms with Crippen LogP contribution in [-0.4, -0.2) is 0 Å². The van der Waals surface area contributed by atoms with Gasteiger partial charge in [0.25, 0.3) is 0 Å². The lowest BCUT2D eigenvalue weighted by molar-refractivity contribution is 0.618. The van der Waals surface area contributed by atoms with Crippen LogP contribution in [0.15, 0.2) is 42.5 Å². The van der Waals surface area contributed by atoms with Crippen LogP contribution in [0, 0.1) is 18.6 Å². The average Bonchev–Trinajstić information content (AvgIpc) is 2.35. The molecule has 0 atom stereocenters. The van der Waals surface area contributed by atoms with Gasteiger partial charge in [0.05, 0.1) is 0 Å². The highest BCUT2D eigenvalue weighted by Gasteiger charge is 2.02. The van der Waals surface area contributed by atoms with Crippen molar-refractivity contribution in [2.75, 3.05) is 0 Å². The standard InChI is InChI=1S/C13H10F2.C2H6/c1-9-7-11(5-6-13(9)15)10-3-2-4-12(14)8-10;1-2/h2-8H,1H3;1-2H3. The summed E-state index contributed by atoms with van der Waals surface area (Å²) in [6, 6.07) is 11.0. The largest absolute Gasteiger partial charge is 0.207 e. The van der Waals surface area contributed by atoms with Crippen LogP contribution in [0.4, 0.5) is 8.78 Å². The number of aryl methyl sites for hydroxylation is 1. The van der Waals surface area contributed by atoms with E-state index in [9.17, 15) is 8.78 Å². The van der Waals surface area contributed by atoms with Gasteiger partial charge in [-0.3, -0.25) is 0 Å². The van der Waals surface area contributed by atoms with E-state index in [-0.39, 0.29) is 11.6 Å². The van der Waals surface area contributed by atoms with Crippen LogP contribution >= 0.6 is 0 Å². The van der Waals surface area contributed by atoms with Crippen LogP contribution in [0.3, 0.4) is 0 Å². The van der Waals surface area contributed by atoms with Gasteiger partial charge >= 0.3 is 0 Å². The molecule has 90 valence electrons. The van der Waals surface area contributed by atoms with E-state index in [1.54, 1.807) is 31.2 Å². The van der Waals surface area contributed by atoms with E-state index in [4.69, 9.17) is 0 Å². The molecule has 0 aromatic heterocycles. The third-order valence-corrected chi connectivity index (χ3v) is 2.32. The Balaban J connectivity index is 0.000000686. The van der Waals surface area contributed by atoms with E-state index in [0.717, 1.165) is 11.1 Å². The van der Waals surface area contributed by atoms with Gasteiger partial charge in [0.1, 0.15) is 11.6 Å². The zero-order valence-corrected chi connectivity index (χ0v) is 10.3. The summed E-state index contributed by atoms with van der Waals surface area (Å²) >= 11 is 0. The molecule has 0 aliphatic heterocycles. The fourth-order valence-electron chi connectivity index (χ4n) is 1.49. The summed E-state index contributed by atoms with van der Waals surface area (Å²) in [5.74, 6) is -0.523. The SMILES string of the molecule is CC.Cc1cc(-c2cccc(F)c2)ccc1F. The van der Waals surface area contributed by atoms with Crippen LogP contribution in [-0.2, 0) is 0 Å². The minimum Gasteiger partial charge on any atom is -0.207 e. The molecule has 2 rings (SSSR count). The van der Waals surface area contributed by atoms with E-state index >= 15 is 0 Å². The smallest absolute Gasteiger partial charge is 0.126 e. The van der Waals surface area contributed by atoms with Gasteiger partial charge in [-0.05, 0) is 47.9 Å². The molecule has 0 spiro atoms. The molecule has 0 heterocycles. The molecule has 0 saturated carbocycles. The maximum absolute atomic E-state index is 13.0. The summed E-state index contributed by atoms with van der Waals surface area (Å²) in [7, 11) is 0. The molecule has 2 heteroatoms. The zero-order chi connectivity index (χ0) is 12.8. The van der Waals surface area contributed by atoms with Crippen molar-refractivity contribution in [2.45, 2.75) is 20.8 Å². The normalized spacial score (nSPS) is 9.47. The molecule has 0 aliphatic carbocycles. The number of hydrogen-bond donors (Lipinski definition) is 0. The molecular formula is C15H16F2. The van der Waals surface area contributed by atoms with Crippen molar-refractivity contribution in [3.05, 3.63) is 59.7 Å². The summed E-state index contributed by atoms with van der Waals surface area (Å²) in [6.45, 7) is 5.69. The zero-order valence-electron chi connectivity index (χ0n) is 10.3. The van der Waals surface area contributed by atoms with Crippen LogP contribution in [0.5, 0.6) is 0 Å². The average molecular weight is 234 g/mol. The summed E-state index contributed by atoms with van der Waals surface area (Å²) in [5, 5.41) is 0. The second-order valence-electron chi connectivity index (χ2n) is 3.47. The first kappa shape index (κ1) is 13.4. The summed E-state index contributed by atoms with van der Waals surface area (Å²) in [4.78, 5) is 0. The molecule has 0 N–H and O–H groups in total. The third kappa shape index (κ3) is 3.38. The Hall–Kier alpha value is -1.70. The van der Waals surface area contributed by atoms with Gasteiger partial charge in [0.2, 0.25) is 0 Å². The van der Waals surface area contributed by atoms with Crippen molar-refractivity contribution in [1.82, 2.24) is 0 Å². The first-order valence-corrected chi connectivity index (χ1v) is 5.69. The minimum atomic E-state index is -0.283. The van der Waals surface area contributed by atoms with Gasteiger partial charge in [-0.2, -0.15) is 0 Å². The summed E-state index contributed by atoms with van der Waals surface area (Å²) in [6.07, 6.45) is 0. The Bertz CT molecular complexity index is 490. The number of hydrogen-bond acceptors (Lipinski definition) is 0. The van der Waals surface area contributed by atoms with Gasteiger partial charge in [-0.1, -0.05) is 32.0 Å². The molecule has 2 aromatic rings.